The van der Waals surface area contributed by atoms with Crippen LogP contribution in [0.15, 0.2) is 77.7 Å². The molecular formula is C32H37NO10S. The lowest BCUT2D eigenvalue weighted by atomic mass is 9.87. The van der Waals surface area contributed by atoms with Crippen LogP contribution in [0.2, 0.25) is 0 Å². The lowest BCUT2D eigenvalue weighted by Gasteiger charge is -2.33. The molecule has 12 heteroatoms. The number of rotatable bonds is 13. The quantitative estimate of drug-likeness (QED) is 0.218. The summed E-state index contributed by atoms with van der Waals surface area (Å²) in [6.45, 7) is 5.13. The zero-order valence-corrected chi connectivity index (χ0v) is 25.9. The number of methoxy groups -OCH3 is 1. The maximum atomic E-state index is 13.1. The highest BCUT2D eigenvalue weighted by molar-refractivity contribution is 7.86. The van der Waals surface area contributed by atoms with Gasteiger partial charge >= 0.3 is 0 Å². The predicted octanol–water partition coefficient (Wildman–Crippen LogP) is 4.15. The molecule has 44 heavy (non-hydrogen) atoms. The second-order valence-electron chi connectivity index (χ2n) is 11.0. The molecule has 2 heterocycles. The van der Waals surface area contributed by atoms with E-state index in [9.17, 15) is 13.2 Å². The lowest BCUT2D eigenvalue weighted by molar-refractivity contribution is -0.173. The van der Waals surface area contributed by atoms with Crippen molar-refractivity contribution in [2.45, 2.75) is 55.7 Å². The first-order chi connectivity index (χ1) is 21.1. The Labute approximate surface area is 257 Å². The Hall–Kier alpha value is -3.52. The molecule has 4 atom stereocenters. The van der Waals surface area contributed by atoms with Crippen LogP contribution in [0.5, 0.6) is 11.5 Å². The van der Waals surface area contributed by atoms with E-state index in [4.69, 9.17) is 32.6 Å². The zero-order chi connectivity index (χ0) is 31.3. The van der Waals surface area contributed by atoms with Crippen molar-refractivity contribution in [3.8, 4) is 11.5 Å². The van der Waals surface area contributed by atoms with E-state index in [0.717, 1.165) is 11.1 Å². The third-order valence-electron chi connectivity index (χ3n) is 7.36. The molecular weight excluding hydrogens is 590 g/mol. The van der Waals surface area contributed by atoms with E-state index >= 15 is 0 Å². The Bertz CT molecular complexity index is 1530. The number of nitrogens with one attached hydrogen (secondary N) is 1. The van der Waals surface area contributed by atoms with Crippen LogP contribution in [0.3, 0.4) is 0 Å². The van der Waals surface area contributed by atoms with E-state index < -0.39 is 40.1 Å². The molecule has 2 aliphatic rings. The minimum Gasteiger partial charge on any atom is -0.454 e. The summed E-state index contributed by atoms with van der Waals surface area (Å²) in [6.07, 6.45) is -2.46. The van der Waals surface area contributed by atoms with Gasteiger partial charge in [0.1, 0.15) is 19.0 Å². The summed E-state index contributed by atoms with van der Waals surface area (Å²) >= 11 is 0. The number of carbonyl (C=O) groups excluding carboxylic acids is 1. The second-order valence-corrected chi connectivity index (χ2v) is 12.6. The van der Waals surface area contributed by atoms with Crippen molar-refractivity contribution in [3.63, 3.8) is 0 Å². The lowest BCUT2D eigenvalue weighted by Crippen LogP contribution is -2.46. The Morgan fingerprint density at radius 3 is 2.45 bits per heavy atom. The third kappa shape index (κ3) is 7.57. The number of hydrogen-bond donors (Lipinski definition) is 1. The van der Waals surface area contributed by atoms with Gasteiger partial charge in [-0.1, -0.05) is 42.0 Å². The standard InChI is InChI=1S/C32H37NO10S/c1-21-10-13-24(14-11-21)44(35,36)41-18-28-30(43-32(2,3)42-28)29(40-19-37-4)25(17-33-31(34)22-8-6-5-7-9-22)23-12-15-26-27(16-23)39-20-38-26/h5-16,25,28-30H,17-20H2,1-4H3,(H,33,34)/t25-,28-,29?,30+/m0/s1. The summed E-state index contributed by atoms with van der Waals surface area (Å²) in [5, 5.41) is 3.01. The SMILES string of the molecule is COCOC([C@@H](CNC(=O)c1ccccc1)c1ccc2c(c1)OCO2)[C@@H]1OC(C)(C)O[C@H]1COS(=O)(=O)c1ccc(C)cc1. The number of carbonyl (C=O) groups is 1. The normalized spacial score (nSPS) is 20.3. The Morgan fingerprint density at radius 1 is 1.00 bits per heavy atom. The van der Waals surface area contributed by atoms with Crippen molar-refractivity contribution in [2.24, 2.45) is 0 Å². The van der Waals surface area contributed by atoms with Crippen molar-refractivity contribution in [3.05, 3.63) is 89.5 Å². The number of hydrogen-bond acceptors (Lipinski definition) is 10. The fourth-order valence-corrected chi connectivity index (χ4v) is 6.17. The van der Waals surface area contributed by atoms with Gasteiger partial charge in [0.05, 0.1) is 17.6 Å². The zero-order valence-electron chi connectivity index (χ0n) is 25.1. The van der Waals surface area contributed by atoms with Crippen molar-refractivity contribution in [2.75, 3.05) is 33.8 Å². The number of ether oxygens (including phenoxy) is 6. The van der Waals surface area contributed by atoms with Gasteiger partial charge in [0.2, 0.25) is 6.79 Å². The average Bonchev–Trinajstić information content (AvgIpc) is 3.61. The van der Waals surface area contributed by atoms with Gasteiger partial charge in [-0.3, -0.25) is 8.98 Å². The maximum Gasteiger partial charge on any atom is 0.297 e. The summed E-state index contributed by atoms with van der Waals surface area (Å²) in [6, 6.07) is 20.7. The molecule has 0 aliphatic carbocycles. The molecule has 2 aliphatic heterocycles. The van der Waals surface area contributed by atoms with Crippen molar-refractivity contribution >= 4 is 16.0 Å². The molecule has 1 amide bonds. The van der Waals surface area contributed by atoms with E-state index in [0.29, 0.717) is 17.1 Å². The first-order valence-electron chi connectivity index (χ1n) is 14.2. The summed E-state index contributed by atoms with van der Waals surface area (Å²) in [5.41, 5.74) is 2.19. The molecule has 0 spiro atoms. The molecule has 1 unspecified atom stereocenters. The van der Waals surface area contributed by atoms with Gasteiger partial charge in [-0.25, -0.2) is 0 Å². The highest BCUT2D eigenvalue weighted by Gasteiger charge is 2.49. The fraction of sp³-hybridized carbons (Fsp3) is 0.406. The highest BCUT2D eigenvalue weighted by Crippen LogP contribution is 2.40. The molecule has 0 aromatic heterocycles. The molecule has 1 N–H and O–H groups in total. The molecule has 5 rings (SSSR count). The van der Waals surface area contributed by atoms with E-state index in [1.54, 1.807) is 56.3 Å². The van der Waals surface area contributed by atoms with Gasteiger partial charge in [0, 0.05) is 25.1 Å². The molecule has 1 saturated heterocycles. The van der Waals surface area contributed by atoms with Crippen LogP contribution in [-0.4, -0.2) is 72.3 Å². The minimum absolute atomic E-state index is 0.0341. The van der Waals surface area contributed by atoms with Crippen LogP contribution >= 0.6 is 0 Å². The van der Waals surface area contributed by atoms with E-state index in [1.165, 1.54) is 19.2 Å². The topological polar surface area (TPSA) is 128 Å². The van der Waals surface area contributed by atoms with E-state index in [2.05, 4.69) is 5.32 Å². The number of fused-ring (bicyclic) bond motifs is 1. The van der Waals surface area contributed by atoms with Gasteiger partial charge < -0.3 is 33.7 Å². The van der Waals surface area contributed by atoms with Gasteiger partial charge in [0.25, 0.3) is 16.0 Å². The summed E-state index contributed by atoms with van der Waals surface area (Å²) in [4.78, 5) is 13.1. The van der Waals surface area contributed by atoms with Gasteiger partial charge in [-0.2, -0.15) is 8.42 Å². The van der Waals surface area contributed by atoms with E-state index in [1.807, 2.05) is 25.1 Å². The van der Waals surface area contributed by atoms with Crippen molar-refractivity contribution < 1.29 is 45.8 Å². The fourth-order valence-electron chi connectivity index (χ4n) is 5.25. The summed E-state index contributed by atoms with van der Waals surface area (Å²) in [7, 11) is -2.59. The molecule has 3 aromatic carbocycles. The Morgan fingerprint density at radius 2 is 1.73 bits per heavy atom. The third-order valence-corrected chi connectivity index (χ3v) is 8.66. The number of benzene rings is 3. The average molecular weight is 628 g/mol. The summed E-state index contributed by atoms with van der Waals surface area (Å²) in [5.74, 6) is -0.723. The first-order valence-corrected chi connectivity index (χ1v) is 15.6. The minimum atomic E-state index is -4.09. The molecule has 11 nitrogen and oxygen atoms in total. The molecule has 0 saturated carbocycles. The Kier molecular flexibility index (Phi) is 9.88. The highest BCUT2D eigenvalue weighted by atomic mass is 32.2. The molecule has 1 fully saturated rings. The first kappa shape index (κ1) is 31.9. The molecule has 3 aromatic rings. The van der Waals surface area contributed by atoms with Gasteiger partial charge in [-0.05, 0) is 62.7 Å². The van der Waals surface area contributed by atoms with Crippen molar-refractivity contribution in [1.82, 2.24) is 5.32 Å². The molecule has 0 bridgehead atoms. The van der Waals surface area contributed by atoms with Crippen LogP contribution in [0, 0.1) is 6.92 Å². The predicted molar refractivity (Wildman–Crippen MR) is 159 cm³/mol. The summed E-state index contributed by atoms with van der Waals surface area (Å²) < 4.78 is 66.8. The van der Waals surface area contributed by atoms with Crippen molar-refractivity contribution in [1.29, 1.82) is 0 Å². The van der Waals surface area contributed by atoms with Gasteiger partial charge in [-0.15, -0.1) is 0 Å². The van der Waals surface area contributed by atoms with Crippen LogP contribution < -0.4 is 14.8 Å². The number of amides is 1. The largest absolute Gasteiger partial charge is 0.454 e. The second kappa shape index (κ2) is 13.6. The van der Waals surface area contributed by atoms with Crippen LogP contribution in [0.4, 0.5) is 0 Å². The molecule has 0 radical (unpaired) electrons. The van der Waals surface area contributed by atoms with Crippen LogP contribution in [0.25, 0.3) is 0 Å². The smallest absolute Gasteiger partial charge is 0.297 e. The number of aryl methyl sites for hydroxylation is 1. The van der Waals surface area contributed by atoms with Gasteiger partial charge in [0.15, 0.2) is 17.3 Å². The monoisotopic (exact) mass is 627 g/mol. The van der Waals surface area contributed by atoms with Crippen LogP contribution in [-0.2, 0) is 33.2 Å². The maximum absolute atomic E-state index is 13.1. The van der Waals surface area contributed by atoms with E-state index in [-0.39, 0.29) is 37.5 Å². The molecule has 236 valence electrons. The Balaban J connectivity index is 1.45. The van der Waals surface area contributed by atoms with Crippen LogP contribution in [0.1, 0.15) is 41.3 Å².